The van der Waals surface area contributed by atoms with Gasteiger partial charge in [0.15, 0.2) is 0 Å². The maximum Gasteiger partial charge on any atom is 0.325 e. The highest BCUT2D eigenvalue weighted by Crippen LogP contribution is 2.30. The number of nitrogens with zero attached hydrogens (tertiary/aromatic N) is 4. The van der Waals surface area contributed by atoms with Gasteiger partial charge < -0.3 is 20.1 Å². The lowest BCUT2D eigenvalue weighted by Crippen LogP contribution is -2.30. The molecule has 0 fully saturated rings. The first-order valence-electron chi connectivity index (χ1n) is 10.3. The average molecular weight is 473 g/mol. The minimum Gasteiger partial charge on any atom is -0.495 e. The highest BCUT2D eigenvalue weighted by Gasteiger charge is 2.15. The largest absolute Gasteiger partial charge is 0.495 e. The summed E-state index contributed by atoms with van der Waals surface area (Å²) in [7, 11) is 1.48. The lowest BCUT2D eigenvalue weighted by Gasteiger charge is -2.13. The zero-order valence-electron chi connectivity index (χ0n) is 18.8. The highest BCUT2D eigenvalue weighted by molar-refractivity contribution is 6.32. The van der Waals surface area contributed by atoms with Gasteiger partial charge >= 0.3 is 5.97 Å². The van der Waals surface area contributed by atoms with E-state index < -0.39 is 11.9 Å². The fraction of sp³-hybridized carbons (Fsp3) is 0.318. The smallest absolute Gasteiger partial charge is 0.325 e. The summed E-state index contributed by atoms with van der Waals surface area (Å²) in [6.45, 7) is 5.78. The second kappa shape index (κ2) is 10.8. The molecular weight excluding hydrogens is 448 g/mol. The van der Waals surface area contributed by atoms with E-state index in [1.54, 1.807) is 25.1 Å². The molecule has 0 atom stereocenters. The zero-order chi connectivity index (χ0) is 24.0. The molecule has 0 unspecified atom stereocenters. The summed E-state index contributed by atoms with van der Waals surface area (Å²) in [6.07, 6.45) is 3.35. The normalized spacial score (nSPS) is 10.7. The molecule has 0 saturated heterocycles. The molecule has 0 aliphatic carbocycles. The van der Waals surface area contributed by atoms with Crippen LogP contribution in [0.2, 0.25) is 5.02 Å². The second-order valence-electron chi connectivity index (χ2n) is 7.19. The summed E-state index contributed by atoms with van der Waals surface area (Å²) in [5, 5.41) is 10.5. The van der Waals surface area contributed by atoms with Gasteiger partial charge in [0.05, 0.1) is 30.6 Å². The molecule has 2 heterocycles. The first kappa shape index (κ1) is 24.0. The number of benzene rings is 1. The fourth-order valence-corrected chi connectivity index (χ4v) is 3.07. The van der Waals surface area contributed by atoms with Crippen molar-refractivity contribution >= 4 is 35.1 Å². The second-order valence-corrected chi connectivity index (χ2v) is 7.60. The first-order chi connectivity index (χ1) is 15.8. The molecule has 0 radical (unpaired) electrons. The van der Waals surface area contributed by atoms with Crippen LogP contribution in [0.4, 0.5) is 11.6 Å². The van der Waals surface area contributed by atoms with Crippen LogP contribution in [-0.4, -0.2) is 51.9 Å². The molecule has 33 heavy (non-hydrogen) atoms. The van der Waals surface area contributed by atoms with E-state index in [0.29, 0.717) is 33.4 Å². The van der Waals surface area contributed by atoms with Gasteiger partial charge in [-0.05, 0) is 45.0 Å². The molecule has 0 aliphatic heterocycles. The van der Waals surface area contributed by atoms with Gasteiger partial charge in [-0.2, -0.15) is 5.10 Å². The maximum atomic E-state index is 12.3. The van der Waals surface area contributed by atoms with E-state index in [9.17, 15) is 9.59 Å². The molecule has 0 aliphatic rings. The van der Waals surface area contributed by atoms with E-state index in [4.69, 9.17) is 21.1 Å². The molecule has 2 N–H and O–H groups in total. The van der Waals surface area contributed by atoms with Crippen molar-refractivity contribution in [3.8, 4) is 17.1 Å². The fourth-order valence-electron chi connectivity index (χ4n) is 2.88. The Balaban J connectivity index is 1.79. The summed E-state index contributed by atoms with van der Waals surface area (Å²) < 4.78 is 12.0. The van der Waals surface area contributed by atoms with Gasteiger partial charge in [-0.1, -0.05) is 11.6 Å². The molecule has 3 rings (SSSR count). The number of aromatic nitrogens is 4. The Labute approximate surface area is 196 Å². The number of carbonyl (C=O) groups is 2. The molecule has 0 saturated carbocycles. The number of hydrogen-bond acceptors (Lipinski definition) is 8. The lowest BCUT2D eigenvalue weighted by atomic mass is 10.1. The van der Waals surface area contributed by atoms with Gasteiger partial charge in [0.25, 0.3) is 5.91 Å². The Bertz CT molecular complexity index is 1150. The zero-order valence-corrected chi connectivity index (χ0v) is 19.5. The van der Waals surface area contributed by atoms with Crippen LogP contribution in [0.1, 0.15) is 37.2 Å². The molecule has 0 bridgehead atoms. The molecule has 1 aromatic carbocycles. The standard InChI is InChI=1S/C22H25ClN6O4/c1-5-33-19(30)12-24-21(31)14-6-7-16(18(10-14)32-4)26-22-25-11-15(23)20(27-22)17-8-9-29(28-17)13(2)3/h6-11,13H,5,12H2,1-4H3,(H,24,31)(H,25,26,27). The van der Waals surface area contributed by atoms with Crippen LogP contribution in [0.5, 0.6) is 5.75 Å². The van der Waals surface area contributed by atoms with Crippen LogP contribution in [0.15, 0.2) is 36.7 Å². The Hall–Kier alpha value is -3.66. The first-order valence-corrected chi connectivity index (χ1v) is 10.7. The Morgan fingerprint density at radius 3 is 2.70 bits per heavy atom. The number of amides is 1. The predicted molar refractivity (Wildman–Crippen MR) is 124 cm³/mol. The van der Waals surface area contributed by atoms with Crippen molar-refractivity contribution in [1.29, 1.82) is 0 Å². The van der Waals surface area contributed by atoms with Crippen LogP contribution in [0, 0.1) is 0 Å². The van der Waals surface area contributed by atoms with Gasteiger partial charge in [0, 0.05) is 17.8 Å². The number of carbonyl (C=O) groups excluding carboxylic acids is 2. The highest BCUT2D eigenvalue weighted by atomic mass is 35.5. The van der Waals surface area contributed by atoms with E-state index in [0.717, 1.165) is 0 Å². The van der Waals surface area contributed by atoms with Crippen molar-refractivity contribution in [3.63, 3.8) is 0 Å². The monoisotopic (exact) mass is 472 g/mol. The van der Waals surface area contributed by atoms with Gasteiger partial charge in [-0.15, -0.1) is 0 Å². The molecule has 1 amide bonds. The lowest BCUT2D eigenvalue weighted by molar-refractivity contribution is -0.141. The number of methoxy groups -OCH3 is 1. The molecular formula is C22H25ClN6O4. The van der Waals surface area contributed by atoms with E-state index in [1.165, 1.54) is 13.3 Å². The Morgan fingerprint density at radius 2 is 2.03 bits per heavy atom. The third-order valence-corrected chi connectivity index (χ3v) is 4.81. The third kappa shape index (κ3) is 5.98. The number of nitrogens with one attached hydrogen (secondary N) is 2. The van der Waals surface area contributed by atoms with Crippen LogP contribution in [0.3, 0.4) is 0 Å². The van der Waals surface area contributed by atoms with E-state index in [2.05, 4.69) is 25.7 Å². The topological polar surface area (TPSA) is 120 Å². The van der Waals surface area contributed by atoms with Crippen LogP contribution in [-0.2, 0) is 9.53 Å². The molecule has 174 valence electrons. The van der Waals surface area contributed by atoms with Crippen LogP contribution >= 0.6 is 11.6 Å². The maximum absolute atomic E-state index is 12.3. The minimum absolute atomic E-state index is 0.203. The molecule has 10 nitrogen and oxygen atoms in total. The molecule has 2 aromatic heterocycles. The van der Waals surface area contributed by atoms with Crippen molar-refractivity contribution in [1.82, 2.24) is 25.1 Å². The average Bonchev–Trinajstić information content (AvgIpc) is 3.29. The molecule has 0 spiro atoms. The predicted octanol–water partition coefficient (Wildman–Crippen LogP) is 3.62. The van der Waals surface area contributed by atoms with Crippen molar-refractivity contribution in [3.05, 3.63) is 47.2 Å². The van der Waals surface area contributed by atoms with Crippen LogP contribution < -0.4 is 15.4 Å². The quantitative estimate of drug-likeness (QED) is 0.453. The minimum atomic E-state index is -0.509. The third-order valence-electron chi connectivity index (χ3n) is 4.53. The number of ether oxygens (including phenoxy) is 2. The number of hydrogen-bond donors (Lipinski definition) is 2. The Morgan fingerprint density at radius 1 is 1.24 bits per heavy atom. The van der Waals surface area contributed by atoms with E-state index in [1.807, 2.05) is 30.8 Å². The number of halogens is 1. The molecule has 3 aromatic rings. The number of rotatable bonds is 9. The summed E-state index contributed by atoms with van der Waals surface area (Å²) >= 11 is 6.30. The number of anilines is 2. The van der Waals surface area contributed by atoms with Gasteiger partial charge in [-0.25, -0.2) is 9.97 Å². The Kier molecular flexibility index (Phi) is 7.83. The van der Waals surface area contributed by atoms with Crippen molar-refractivity contribution in [2.75, 3.05) is 25.6 Å². The van der Waals surface area contributed by atoms with Crippen molar-refractivity contribution < 1.29 is 19.1 Å². The summed E-state index contributed by atoms with van der Waals surface area (Å²) in [6, 6.07) is 6.83. The van der Waals surface area contributed by atoms with E-state index in [-0.39, 0.29) is 25.1 Å². The van der Waals surface area contributed by atoms with Crippen LogP contribution in [0.25, 0.3) is 11.4 Å². The SMILES string of the molecule is CCOC(=O)CNC(=O)c1ccc(Nc2ncc(Cl)c(-c3ccn(C(C)C)n3)n2)c(OC)c1. The molecule has 11 heteroatoms. The van der Waals surface area contributed by atoms with Crippen molar-refractivity contribution in [2.24, 2.45) is 0 Å². The van der Waals surface area contributed by atoms with E-state index >= 15 is 0 Å². The summed E-state index contributed by atoms with van der Waals surface area (Å²) in [5.74, 6) is -0.266. The van der Waals surface area contributed by atoms with Gasteiger partial charge in [-0.3, -0.25) is 14.3 Å². The van der Waals surface area contributed by atoms with Crippen molar-refractivity contribution in [2.45, 2.75) is 26.8 Å². The summed E-state index contributed by atoms with van der Waals surface area (Å²) in [5.41, 5.74) is 1.97. The van der Waals surface area contributed by atoms with Gasteiger partial charge in [0.2, 0.25) is 5.95 Å². The number of esters is 1. The van der Waals surface area contributed by atoms with Gasteiger partial charge in [0.1, 0.15) is 23.7 Å². The summed E-state index contributed by atoms with van der Waals surface area (Å²) in [4.78, 5) is 32.5.